The fourth-order valence-electron chi connectivity index (χ4n) is 3.28. The number of allylic oxidation sites excluding steroid dienone is 1. The average molecular weight is 403 g/mol. The van der Waals surface area contributed by atoms with Gasteiger partial charge in [0.2, 0.25) is 0 Å². The van der Waals surface area contributed by atoms with E-state index in [0.717, 1.165) is 24.1 Å². The highest BCUT2D eigenvalue weighted by Gasteiger charge is 2.40. The van der Waals surface area contributed by atoms with Gasteiger partial charge in [0.15, 0.2) is 5.11 Å². The molecule has 1 aliphatic heterocycles. The Morgan fingerprint density at radius 1 is 1.39 bits per heavy atom. The Morgan fingerprint density at radius 3 is 2.86 bits per heavy atom. The zero-order valence-corrected chi connectivity index (χ0v) is 17.1. The second kappa shape index (κ2) is 9.21. The minimum atomic E-state index is -0.398. The summed E-state index contributed by atoms with van der Waals surface area (Å²) in [6, 6.07) is 7.58. The van der Waals surface area contributed by atoms with Crippen LogP contribution in [0.25, 0.3) is 0 Å². The second-order valence-electron chi connectivity index (χ2n) is 6.78. The third kappa shape index (κ3) is 4.54. The minimum Gasteiger partial charge on any atom is -0.490 e. The normalized spacial score (nSPS) is 19.3. The Morgan fingerprint density at radius 2 is 2.18 bits per heavy atom. The number of hydrogen-bond donors (Lipinski definition) is 1. The topological polar surface area (TPSA) is 60.0 Å². The number of carbonyl (C=O) groups is 1. The maximum atomic E-state index is 12.9. The number of nitrogens with one attached hydrogen (secondary N) is 1. The standard InChI is InChI=1S/C21H26N2O4S/c1-4-10-26-17-7-5-6-15(13-17)19-18(20(24)27-12-11-25-3)14(2)23(16-8-9-16)21(28)22-19/h4-7,13,16,19H,1,8-12H2,2-3H3,(H,22,28)/t19-/m1/s1. The van der Waals surface area contributed by atoms with E-state index in [4.69, 9.17) is 26.4 Å². The van der Waals surface area contributed by atoms with E-state index in [9.17, 15) is 4.79 Å². The Bertz CT molecular complexity index is 788. The molecule has 0 aromatic heterocycles. The summed E-state index contributed by atoms with van der Waals surface area (Å²) >= 11 is 5.61. The molecule has 1 aliphatic carbocycles. The van der Waals surface area contributed by atoms with Crippen LogP contribution in [-0.4, -0.2) is 49.0 Å². The summed E-state index contributed by atoms with van der Waals surface area (Å²) in [5, 5.41) is 3.97. The molecule has 6 nitrogen and oxygen atoms in total. The van der Waals surface area contributed by atoms with Crippen LogP contribution in [0.2, 0.25) is 0 Å². The fourth-order valence-corrected chi connectivity index (χ4v) is 3.68. The van der Waals surface area contributed by atoms with Gasteiger partial charge in [-0.2, -0.15) is 0 Å². The van der Waals surface area contributed by atoms with Gasteiger partial charge < -0.3 is 24.4 Å². The third-order valence-corrected chi connectivity index (χ3v) is 5.05. The molecule has 1 aromatic rings. The quantitative estimate of drug-likeness (QED) is 0.295. The smallest absolute Gasteiger partial charge is 0.338 e. The van der Waals surface area contributed by atoms with Gasteiger partial charge in [0.05, 0.1) is 18.2 Å². The number of ether oxygens (including phenoxy) is 3. The van der Waals surface area contributed by atoms with Crippen molar-refractivity contribution in [2.45, 2.75) is 31.8 Å². The molecule has 3 rings (SSSR count). The van der Waals surface area contributed by atoms with Crippen molar-refractivity contribution in [2.75, 3.05) is 26.9 Å². The summed E-state index contributed by atoms with van der Waals surface area (Å²) in [4.78, 5) is 15.0. The van der Waals surface area contributed by atoms with Crippen LogP contribution in [-0.2, 0) is 14.3 Å². The Balaban J connectivity index is 1.94. The number of rotatable bonds is 9. The van der Waals surface area contributed by atoms with Crippen molar-refractivity contribution in [1.82, 2.24) is 10.2 Å². The highest BCUT2D eigenvalue weighted by Crippen LogP contribution is 2.38. The van der Waals surface area contributed by atoms with Crippen LogP contribution in [0.4, 0.5) is 0 Å². The van der Waals surface area contributed by atoms with Crippen LogP contribution < -0.4 is 10.1 Å². The molecular weight excluding hydrogens is 376 g/mol. The number of hydrogen-bond acceptors (Lipinski definition) is 5. The van der Waals surface area contributed by atoms with E-state index in [2.05, 4.69) is 11.9 Å². The number of esters is 1. The zero-order valence-electron chi connectivity index (χ0n) is 16.3. The molecule has 1 heterocycles. The lowest BCUT2D eigenvalue weighted by molar-refractivity contribution is -0.140. The lowest BCUT2D eigenvalue weighted by Gasteiger charge is -2.37. The first-order valence-electron chi connectivity index (χ1n) is 9.37. The third-order valence-electron chi connectivity index (χ3n) is 4.74. The summed E-state index contributed by atoms with van der Waals surface area (Å²) in [7, 11) is 1.57. The maximum absolute atomic E-state index is 12.9. The van der Waals surface area contributed by atoms with Crippen molar-refractivity contribution in [1.29, 1.82) is 0 Å². The molecule has 0 amide bonds. The van der Waals surface area contributed by atoms with Gasteiger partial charge in [0, 0.05) is 18.8 Å². The van der Waals surface area contributed by atoms with Crippen LogP contribution in [0.1, 0.15) is 31.4 Å². The van der Waals surface area contributed by atoms with Gasteiger partial charge in [-0.05, 0) is 49.7 Å². The van der Waals surface area contributed by atoms with E-state index in [1.165, 1.54) is 0 Å². The number of nitrogens with zero attached hydrogens (tertiary/aromatic N) is 1. The molecule has 1 N–H and O–H groups in total. The van der Waals surface area contributed by atoms with Crippen molar-refractivity contribution in [2.24, 2.45) is 0 Å². The van der Waals surface area contributed by atoms with Gasteiger partial charge in [0.25, 0.3) is 0 Å². The zero-order chi connectivity index (χ0) is 20.1. The van der Waals surface area contributed by atoms with Gasteiger partial charge in [-0.15, -0.1) is 0 Å². The summed E-state index contributed by atoms with van der Waals surface area (Å²) in [6.45, 7) is 6.57. The van der Waals surface area contributed by atoms with Crippen molar-refractivity contribution in [3.05, 3.63) is 53.8 Å². The van der Waals surface area contributed by atoms with Gasteiger partial charge in [-0.1, -0.05) is 24.8 Å². The van der Waals surface area contributed by atoms with Crippen molar-refractivity contribution in [3.8, 4) is 5.75 Å². The van der Waals surface area contributed by atoms with Gasteiger partial charge in [0.1, 0.15) is 19.0 Å². The van der Waals surface area contributed by atoms with E-state index in [-0.39, 0.29) is 12.6 Å². The number of thiocarbonyl (C=S) groups is 1. The Labute approximate surface area is 171 Å². The molecule has 1 atom stereocenters. The molecule has 1 saturated carbocycles. The molecule has 0 spiro atoms. The molecule has 0 radical (unpaired) electrons. The van der Waals surface area contributed by atoms with Crippen molar-refractivity contribution < 1.29 is 19.0 Å². The summed E-state index contributed by atoms with van der Waals surface area (Å²) in [5.41, 5.74) is 2.30. The first-order valence-corrected chi connectivity index (χ1v) is 9.77. The molecule has 0 unspecified atom stereocenters. The molecule has 150 valence electrons. The largest absolute Gasteiger partial charge is 0.490 e. The lowest BCUT2D eigenvalue weighted by Crippen LogP contribution is -2.48. The monoisotopic (exact) mass is 402 g/mol. The second-order valence-corrected chi connectivity index (χ2v) is 7.17. The van der Waals surface area contributed by atoms with E-state index in [1.54, 1.807) is 13.2 Å². The first-order chi connectivity index (χ1) is 13.6. The fraction of sp³-hybridized carbons (Fsp3) is 0.429. The molecule has 2 aliphatic rings. The molecule has 28 heavy (non-hydrogen) atoms. The van der Waals surface area contributed by atoms with Crippen LogP contribution in [0.15, 0.2) is 48.2 Å². The minimum absolute atomic E-state index is 0.204. The summed E-state index contributed by atoms with van der Waals surface area (Å²) in [5.74, 6) is 0.345. The van der Waals surface area contributed by atoms with Crippen LogP contribution in [0.5, 0.6) is 5.75 Å². The van der Waals surface area contributed by atoms with Crippen LogP contribution in [0, 0.1) is 0 Å². The van der Waals surface area contributed by atoms with Crippen molar-refractivity contribution >= 4 is 23.3 Å². The SMILES string of the molecule is C=CCOc1cccc([C@H]2NC(=S)N(C3CC3)C(C)=C2C(=O)OCCOC)c1. The molecule has 0 saturated heterocycles. The Kier molecular flexibility index (Phi) is 6.70. The summed E-state index contributed by atoms with van der Waals surface area (Å²) < 4.78 is 16.1. The predicted molar refractivity (Wildman–Crippen MR) is 111 cm³/mol. The molecule has 1 fully saturated rings. The molecule has 0 bridgehead atoms. The maximum Gasteiger partial charge on any atom is 0.338 e. The lowest BCUT2D eigenvalue weighted by atomic mass is 9.94. The van der Waals surface area contributed by atoms with E-state index in [0.29, 0.717) is 35.7 Å². The highest BCUT2D eigenvalue weighted by atomic mass is 32.1. The Hall–Kier alpha value is -2.38. The number of benzene rings is 1. The van der Waals surface area contributed by atoms with Gasteiger partial charge in [-0.25, -0.2) is 4.79 Å². The predicted octanol–water partition coefficient (Wildman–Crippen LogP) is 3.11. The first kappa shape index (κ1) is 20.4. The van der Waals surface area contributed by atoms with E-state index < -0.39 is 6.04 Å². The highest BCUT2D eigenvalue weighted by molar-refractivity contribution is 7.80. The molecule has 1 aromatic carbocycles. The molecule has 7 heteroatoms. The number of methoxy groups -OCH3 is 1. The van der Waals surface area contributed by atoms with Crippen molar-refractivity contribution in [3.63, 3.8) is 0 Å². The van der Waals surface area contributed by atoms with Gasteiger partial charge in [-0.3, -0.25) is 0 Å². The summed E-state index contributed by atoms with van der Waals surface area (Å²) in [6.07, 6.45) is 3.83. The van der Waals surface area contributed by atoms with Crippen LogP contribution >= 0.6 is 12.2 Å². The average Bonchev–Trinajstić information content (AvgIpc) is 3.51. The van der Waals surface area contributed by atoms with Crippen LogP contribution in [0.3, 0.4) is 0 Å². The van der Waals surface area contributed by atoms with E-state index in [1.807, 2.05) is 36.1 Å². The van der Waals surface area contributed by atoms with E-state index >= 15 is 0 Å². The van der Waals surface area contributed by atoms with Gasteiger partial charge >= 0.3 is 5.97 Å². The number of carbonyl (C=O) groups excluding carboxylic acids is 1. The molecular formula is C21H26N2O4S.